The van der Waals surface area contributed by atoms with Crippen molar-refractivity contribution < 1.29 is 4.39 Å². The summed E-state index contributed by atoms with van der Waals surface area (Å²) >= 11 is 0. The molecule has 0 saturated heterocycles. The van der Waals surface area contributed by atoms with Crippen LogP contribution in [0.15, 0.2) is 48.7 Å². The van der Waals surface area contributed by atoms with Gasteiger partial charge in [0.2, 0.25) is 0 Å². The van der Waals surface area contributed by atoms with Gasteiger partial charge in [-0.3, -0.25) is 0 Å². The van der Waals surface area contributed by atoms with Gasteiger partial charge < -0.3 is 10.3 Å². The number of nitrogens with one attached hydrogen (secondary N) is 2. The van der Waals surface area contributed by atoms with Crippen molar-refractivity contribution in [1.29, 1.82) is 0 Å². The molecule has 0 radical (unpaired) electrons. The fraction of sp³-hybridized carbons (Fsp3) is 0.176. The molecule has 0 amide bonds. The summed E-state index contributed by atoms with van der Waals surface area (Å²) in [6.45, 7) is 0.952. The second-order valence-electron chi connectivity index (χ2n) is 4.90. The predicted molar refractivity (Wildman–Crippen MR) is 81.3 cm³/mol. The quantitative estimate of drug-likeness (QED) is 0.741. The highest BCUT2D eigenvalue weighted by Gasteiger charge is 2.08. The van der Waals surface area contributed by atoms with Crippen molar-refractivity contribution in [3.8, 4) is 11.1 Å². The summed E-state index contributed by atoms with van der Waals surface area (Å²) < 4.78 is 13.0. The van der Waals surface area contributed by atoms with Gasteiger partial charge >= 0.3 is 0 Å². The molecule has 0 unspecified atom stereocenters. The Balaban J connectivity index is 2.08. The largest absolute Gasteiger partial charge is 0.360 e. The number of aromatic amines is 1. The van der Waals surface area contributed by atoms with Gasteiger partial charge in [0.25, 0.3) is 0 Å². The lowest BCUT2D eigenvalue weighted by Gasteiger charge is -2.04. The molecule has 2 aromatic carbocycles. The number of hydrogen-bond donors (Lipinski definition) is 2. The van der Waals surface area contributed by atoms with Gasteiger partial charge in [0.05, 0.1) is 5.52 Å². The molecule has 0 aliphatic heterocycles. The SMILES string of the molecule is CNCCc1c[nH]c2c(-c3ccc(F)cc3)cccc12. The van der Waals surface area contributed by atoms with E-state index in [9.17, 15) is 4.39 Å². The molecule has 0 atom stereocenters. The zero-order valence-corrected chi connectivity index (χ0v) is 11.4. The smallest absolute Gasteiger partial charge is 0.123 e. The lowest BCUT2D eigenvalue weighted by molar-refractivity contribution is 0.628. The maximum Gasteiger partial charge on any atom is 0.123 e. The molecule has 0 spiro atoms. The van der Waals surface area contributed by atoms with E-state index < -0.39 is 0 Å². The van der Waals surface area contributed by atoms with Crippen molar-refractivity contribution in [2.45, 2.75) is 6.42 Å². The monoisotopic (exact) mass is 268 g/mol. The molecular weight excluding hydrogens is 251 g/mol. The molecule has 0 saturated carbocycles. The number of aromatic nitrogens is 1. The topological polar surface area (TPSA) is 27.8 Å². The molecule has 0 aliphatic rings. The summed E-state index contributed by atoms with van der Waals surface area (Å²) in [7, 11) is 1.96. The molecule has 102 valence electrons. The number of H-pyrrole nitrogens is 1. The maximum absolute atomic E-state index is 13.0. The van der Waals surface area contributed by atoms with E-state index in [1.807, 2.05) is 19.2 Å². The number of hydrogen-bond acceptors (Lipinski definition) is 1. The van der Waals surface area contributed by atoms with Gasteiger partial charge in [0, 0.05) is 17.1 Å². The minimum atomic E-state index is -0.206. The van der Waals surface area contributed by atoms with Crippen molar-refractivity contribution >= 4 is 10.9 Å². The van der Waals surface area contributed by atoms with Crippen LogP contribution in [0.5, 0.6) is 0 Å². The fourth-order valence-corrected chi connectivity index (χ4v) is 2.55. The van der Waals surface area contributed by atoms with Gasteiger partial charge in [-0.25, -0.2) is 4.39 Å². The van der Waals surface area contributed by atoms with Crippen LogP contribution in [0.25, 0.3) is 22.0 Å². The molecule has 3 heteroatoms. The van der Waals surface area contributed by atoms with E-state index in [0.29, 0.717) is 0 Å². The zero-order chi connectivity index (χ0) is 13.9. The third kappa shape index (κ3) is 2.32. The number of benzene rings is 2. The van der Waals surface area contributed by atoms with Crippen LogP contribution in [0.1, 0.15) is 5.56 Å². The number of para-hydroxylation sites is 1. The van der Waals surface area contributed by atoms with Crippen molar-refractivity contribution in [2.24, 2.45) is 0 Å². The van der Waals surface area contributed by atoms with Crippen LogP contribution >= 0.6 is 0 Å². The van der Waals surface area contributed by atoms with Crippen molar-refractivity contribution in [1.82, 2.24) is 10.3 Å². The highest BCUT2D eigenvalue weighted by Crippen LogP contribution is 2.29. The zero-order valence-electron chi connectivity index (χ0n) is 11.4. The van der Waals surface area contributed by atoms with E-state index in [2.05, 4.69) is 34.7 Å². The highest BCUT2D eigenvalue weighted by molar-refractivity contribution is 5.96. The maximum atomic E-state index is 13.0. The standard InChI is InChI=1S/C17H17FN2/c1-19-10-9-13-11-20-17-15(3-2-4-16(13)17)12-5-7-14(18)8-6-12/h2-8,11,19-20H,9-10H2,1H3. The Kier molecular flexibility index (Phi) is 3.52. The van der Waals surface area contributed by atoms with E-state index in [-0.39, 0.29) is 5.82 Å². The highest BCUT2D eigenvalue weighted by atomic mass is 19.1. The normalized spacial score (nSPS) is 11.1. The Morgan fingerprint density at radius 2 is 1.90 bits per heavy atom. The molecule has 1 heterocycles. The van der Waals surface area contributed by atoms with Gasteiger partial charge in [-0.1, -0.05) is 30.3 Å². The number of halogens is 1. The lowest BCUT2D eigenvalue weighted by atomic mass is 10.0. The molecule has 3 rings (SSSR count). The lowest BCUT2D eigenvalue weighted by Crippen LogP contribution is -2.09. The number of rotatable bonds is 4. The summed E-state index contributed by atoms with van der Waals surface area (Å²) in [5, 5.41) is 4.41. The molecule has 2 nitrogen and oxygen atoms in total. The van der Waals surface area contributed by atoms with E-state index in [4.69, 9.17) is 0 Å². The Hall–Kier alpha value is -2.13. The van der Waals surface area contributed by atoms with E-state index in [1.54, 1.807) is 0 Å². The Morgan fingerprint density at radius 3 is 2.65 bits per heavy atom. The first-order chi connectivity index (χ1) is 9.79. The summed E-state index contributed by atoms with van der Waals surface area (Å²) in [5.41, 5.74) is 4.56. The van der Waals surface area contributed by atoms with Crippen LogP contribution in [0.4, 0.5) is 4.39 Å². The van der Waals surface area contributed by atoms with Crippen LogP contribution in [0.3, 0.4) is 0 Å². The average molecular weight is 268 g/mol. The van der Waals surface area contributed by atoms with Gasteiger partial charge in [-0.2, -0.15) is 0 Å². The molecule has 0 fully saturated rings. The Morgan fingerprint density at radius 1 is 1.10 bits per heavy atom. The first-order valence-corrected chi connectivity index (χ1v) is 6.79. The van der Waals surface area contributed by atoms with Crippen LogP contribution in [-0.4, -0.2) is 18.6 Å². The van der Waals surface area contributed by atoms with E-state index in [0.717, 1.165) is 29.6 Å². The molecule has 0 aliphatic carbocycles. The minimum absolute atomic E-state index is 0.206. The Bertz CT molecular complexity index is 713. The van der Waals surface area contributed by atoms with Crippen LogP contribution in [0.2, 0.25) is 0 Å². The Labute approximate surface area is 117 Å². The third-order valence-electron chi connectivity index (χ3n) is 3.60. The van der Waals surface area contributed by atoms with Gasteiger partial charge in [-0.05, 0) is 43.3 Å². The number of likely N-dealkylation sites (N-methyl/N-ethyl adjacent to an activating group) is 1. The summed E-state index contributed by atoms with van der Waals surface area (Å²) in [5.74, 6) is -0.206. The van der Waals surface area contributed by atoms with Crippen LogP contribution in [-0.2, 0) is 6.42 Å². The minimum Gasteiger partial charge on any atom is -0.360 e. The molecular formula is C17H17FN2. The first kappa shape index (κ1) is 12.9. The molecule has 20 heavy (non-hydrogen) atoms. The van der Waals surface area contributed by atoms with Gasteiger partial charge in [0.1, 0.15) is 5.82 Å². The summed E-state index contributed by atoms with van der Waals surface area (Å²) in [6, 6.07) is 12.9. The molecule has 3 aromatic rings. The van der Waals surface area contributed by atoms with E-state index >= 15 is 0 Å². The van der Waals surface area contributed by atoms with E-state index in [1.165, 1.54) is 23.1 Å². The fourth-order valence-electron chi connectivity index (χ4n) is 2.55. The second kappa shape index (κ2) is 5.47. The van der Waals surface area contributed by atoms with Crippen molar-refractivity contribution in [2.75, 3.05) is 13.6 Å². The average Bonchev–Trinajstić information content (AvgIpc) is 2.89. The summed E-state index contributed by atoms with van der Waals surface area (Å²) in [4.78, 5) is 3.36. The molecule has 0 bridgehead atoms. The molecule has 2 N–H and O–H groups in total. The second-order valence-corrected chi connectivity index (χ2v) is 4.90. The van der Waals surface area contributed by atoms with Gasteiger partial charge in [-0.15, -0.1) is 0 Å². The predicted octanol–water partition coefficient (Wildman–Crippen LogP) is 3.74. The third-order valence-corrected chi connectivity index (χ3v) is 3.60. The first-order valence-electron chi connectivity index (χ1n) is 6.79. The van der Waals surface area contributed by atoms with Crippen LogP contribution < -0.4 is 5.32 Å². The van der Waals surface area contributed by atoms with Gasteiger partial charge in [0.15, 0.2) is 0 Å². The summed E-state index contributed by atoms with van der Waals surface area (Å²) in [6.07, 6.45) is 3.05. The van der Waals surface area contributed by atoms with Crippen molar-refractivity contribution in [3.63, 3.8) is 0 Å². The van der Waals surface area contributed by atoms with Crippen LogP contribution in [0, 0.1) is 5.82 Å². The number of fused-ring (bicyclic) bond motifs is 1. The molecule has 1 aromatic heterocycles. The van der Waals surface area contributed by atoms with Crippen molar-refractivity contribution in [3.05, 3.63) is 60.0 Å².